The lowest BCUT2D eigenvalue weighted by Gasteiger charge is -1.94. The Morgan fingerprint density at radius 3 is 2.57 bits per heavy atom. The van der Waals surface area contributed by atoms with E-state index in [2.05, 4.69) is 5.32 Å². The molecule has 3 N–H and O–H groups in total. The SMILES string of the molecule is OC[CH]NCCO. The first kappa shape index (κ1) is 6.88. The highest BCUT2D eigenvalue weighted by Gasteiger charge is 1.79. The molecule has 0 rings (SSSR count). The van der Waals surface area contributed by atoms with Gasteiger partial charge in [-0.15, -0.1) is 0 Å². The van der Waals surface area contributed by atoms with E-state index in [0.29, 0.717) is 6.54 Å². The number of hydrogen-bond acceptors (Lipinski definition) is 3. The van der Waals surface area contributed by atoms with Crippen LogP contribution in [-0.4, -0.2) is 30.0 Å². The second-order valence-electron chi connectivity index (χ2n) is 1.06. The first-order valence-electron chi connectivity index (χ1n) is 2.18. The van der Waals surface area contributed by atoms with Crippen molar-refractivity contribution in [3.8, 4) is 0 Å². The van der Waals surface area contributed by atoms with Crippen LogP contribution in [0.4, 0.5) is 0 Å². The minimum atomic E-state index is 0.0139. The molecule has 0 aromatic heterocycles. The molecule has 0 aliphatic heterocycles. The normalized spacial score (nSPS) is 9.43. The maximum atomic E-state index is 8.13. The second kappa shape index (κ2) is 5.88. The van der Waals surface area contributed by atoms with E-state index < -0.39 is 0 Å². The van der Waals surface area contributed by atoms with Crippen LogP contribution in [0.2, 0.25) is 0 Å². The summed E-state index contributed by atoms with van der Waals surface area (Å²) in [7, 11) is 0. The molecule has 43 valence electrons. The second-order valence-corrected chi connectivity index (χ2v) is 1.06. The Labute approximate surface area is 43.0 Å². The van der Waals surface area contributed by atoms with Gasteiger partial charge in [-0.1, -0.05) is 0 Å². The van der Waals surface area contributed by atoms with Crippen LogP contribution in [0.1, 0.15) is 0 Å². The maximum absolute atomic E-state index is 8.13. The molecule has 0 fully saturated rings. The Kier molecular flexibility index (Phi) is 5.78. The maximum Gasteiger partial charge on any atom is 0.0600 e. The molecule has 3 nitrogen and oxygen atoms in total. The van der Waals surface area contributed by atoms with Gasteiger partial charge in [-0.2, -0.15) is 0 Å². The van der Waals surface area contributed by atoms with Crippen LogP contribution in [0.3, 0.4) is 0 Å². The lowest BCUT2D eigenvalue weighted by Crippen LogP contribution is -2.16. The first-order valence-corrected chi connectivity index (χ1v) is 2.18. The van der Waals surface area contributed by atoms with Crippen molar-refractivity contribution in [3.05, 3.63) is 6.54 Å². The molecule has 0 saturated heterocycles. The summed E-state index contributed by atoms with van der Waals surface area (Å²) in [6.45, 7) is 2.12. The summed E-state index contributed by atoms with van der Waals surface area (Å²) >= 11 is 0. The van der Waals surface area contributed by atoms with Gasteiger partial charge in [0, 0.05) is 13.1 Å². The molecular formula is C4H10NO2. The minimum absolute atomic E-state index is 0.0139. The van der Waals surface area contributed by atoms with Gasteiger partial charge < -0.3 is 15.5 Å². The van der Waals surface area contributed by atoms with Crippen LogP contribution < -0.4 is 5.32 Å². The summed E-state index contributed by atoms with van der Waals surface area (Å²) in [6.07, 6.45) is 0. The topological polar surface area (TPSA) is 52.5 Å². The Hall–Kier alpha value is -0.120. The molecule has 0 unspecified atom stereocenters. The third-order valence-electron chi connectivity index (χ3n) is 0.492. The van der Waals surface area contributed by atoms with E-state index in [1.807, 2.05) is 0 Å². The van der Waals surface area contributed by atoms with E-state index in [-0.39, 0.29) is 13.2 Å². The zero-order valence-electron chi connectivity index (χ0n) is 4.09. The predicted octanol–water partition coefficient (Wildman–Crippen LogP) is -1.28. The van der Waals surface area contributed by atoms with Gasteiger partial charge in [-0.25, -0.2) is 0 Å². The monoisotopic (exact) mass is 104 g/mol. The molecule has 0 aromatic carbocycles. The third kappa shape index (κ3) is 5.88. The highest BCUT2D eigenvalue weighted by molar-refractivity contribution is 4.56. The highest BCUT2D eigenvalue weighted by Crippen LogP contribution is 1.61. The third-order valence-corrected chi connectivity index (χ3v) is 0.492. The van der Waals surface area contributed by atoms with E-state index >= 15 is 0 Å². The van der Waals surface area contributed by atoms with Crippen LogP contribution in [0.15, 0.2) is 0 Å². The summed E-state index contributed by atoms with van der Waals surface area (Å²) in [5, 5.41) is 18.9. The quantitative estimate of drug-likeness (QED) is 0.389. The van der Waals surface area contributed by atoms with E-state index in [0.717, 1.165) is 0 Å². The van der Waals surface area contributed by atoms with Crippen LogP contribution in [0.5, 0.6) is 0 Å². The summed E-state index contributed by atoms with van der Waals surface area (Å²) in [4.78, 5) is 0. The Bertz CT molecular complexity index is 28.9. The Balaban J connectivity index is 2.45. The van der Waals surface area contributed by atoms with Crippen LogP contribution in [0, 0.1) is 6.54 Å². The van der Waals surface area contributed by atoms with Gasteiger partial charge >= 0.3 is 0 Å². The summed E-state index contributed by atoms with van der Waals surface area (Å²) in [5.74, 6) is 0. The fourth-order valence-electron chi connectivity index (χ4n) is 0.231. The molecule has 0 saturated carbocycles. The molecule has 0 aliphatic rings. The van der Waals surface area contributed by atoms with E-state index in [4.69, 9.17) is 10.2 Å². The largest absolute Gasteiger partial charge is 0.395 e. The van der Waals surface area contributed by atoms with E-state index in [9.17, 15) is 0 Å². The van der Waals surface area contributed by atoms with Crippen molar-refractivity contribution < 1.29 is 10.2 Å². The minimum Gasteiger partial charge on any atom is -0.395 e. The van der Waals surface area contributed by atoms with Crippen molar-refractivity contribution in [2.45, 2.75) is 0 Å². The average molecular weight is 104 g/mol. The van der Waals surface area contributed by atoms with Crippen molar-refractivity contribution in [2.24, 2.45) is 0 Å². The van der Waals surface area contributed by atoms with Crippen LogP contribution >= 0.6 is 0 Å². The van der Waals surface area contributed by atoms with Crippen LogP contribution in [-0.2, 0) is 0 Å². The molecule has 0 aromatic rings. The van der Waals surface area contributed by atoms with Gasteiger partial charge in [0.15, 0.2) is 0 Å². The van der Waals surface area contributed by atoms with E-state index in [1.54, 1.807) is 0 Å². The van der Waals surface area contributed by atoms with Crippen molar-refractivity contribution in [3.63, 3.8) is 0 Å². The van der Waals surface area contributed by atoms with Gasteiger partial charge in [-0.05, 0) is 0 Å². The number of nitrogens with one attached hydrogen (secondary N) is 1. The lowest BCUT2D eigenvalue weighted by atomic mass is 10.6. The number of hydrogen-bond donors (Lipinski definition) is 3. The smallest absolute Gasteiger partial charge is 0.0600 e. The van der Waals surface area contributed by atoms with Gasteiger partial charge in [0.25, 0.3) is 0 Å². The van der Waals surface area contributed by atoms with Gasteiger partial charge in [0.05, 0.1) is 13.2 Å². The Morgan fingerprint density at radius 2 is 2.14 bits per heavy atom. The van der Waals surface area contributed by atoms with Crippen molar-refractivity contribution in [1.82, 2.24) is 5.32 Å². The van der Waals surface area contributed by atoms with Gasteiger partial charge in [-0.3, -0.25) is 0 Å². The molecule has 0 spiro atoms. The molecule has 3 heteroatoms. The van der Waals surface area contributed by atoms with Crippen molar-refractivity contribution in [2.75, 3.05) is 19.8 Å². The molecule has 0 heterocycles. The molecule has 0 atom stereocenters. The molecule has 7 heavy (non-hydrogen) atoms. The van der Waals surface area contributed by atoms with E-state index in [1.165, 1.54) is 6.54 Å². The standard InChI is InChI=1S/C4H10NO2/c6-3-1-5-2-4-7/h1,5-7H,2-4H2. The fourth-order valence-corrected chi connectivity index (χ4v) is 0.231. The Morgan fingerprint density at radius 1 is 1.43 bits per heavy atom. The number of aliphatic hydroxyl groups excluding tert-OH is 2. The number of aliphatic hydroxyl groups is 2. The molecule has 1 radical (unpaired) electrons. The molecular weight excluding hydrogens is 94.0 g/mol. The van der Waals surface area contributed by atoms with Gasteiger partial charge in [0.2, 0.25) is 0 Å². The predicted molar refractivity (Wildman–Crippen MR) is 26.5 cm³/mol. The summed E-state index contributed by atoms with van der Waals surface area (Å²) in [5.41, 5.74) is 0. The highest BCUT2D eigenvalue weighted by atomic mass is 16.3. The first-order chi connectivity index (χ1) is 3.41. The summed E-state index contributed by atoms with van der Waals surface area (Å²) < 4.78 is 0. The number of rotatable bonds is 4. The van der Waals surface area contributed by atoms with Crippen molar-refractivity contribution >= 4 is 0 Å². The molecule has 0 amide bonds. The summed E-state index contributed by atoms with van der Waals surface area (Å²) in [6, 6.07) is 0. The molecule has 0 bridgehead atoms. The average Bonchev–Trinajstić information content (AvgIpc) is 1.69. The van der Waals surface area contributed by atoms with Crippen LogP contribution in [0.25, 0.3) is 0 Å². The zero-order valence-corrected chi connectivity index (χ0v) is 4.09. The van der Waals surface area contributed by atoms with Crippen molar-refractivity contribution in [1.29, 1.82) is 0 Å². The fraction of sp³-hybridized carbons (Fsp3) is 0.750. The lowest BCUT2D eigenvalue weighted by molar-refractivity contribution is 0.283. The molecule has 0 aliphatic carbocycles. The van der Waals surface area contributed by atoms with Gasteiger partial charge in [0.1, 0.15) is 0 Å². The zero-order chi connectivity index (χ0) is 5.54.